The topological polar surface area (TPSA) is 50.7 Å². The average molecular weight is 273 g/mol. The second-order valence-corrected chi connectivity index (χ2v) is 5.81. The molecule has 0 aromatic heterocycles. The van der Waals surface area contributed by atoms with E-state index in [9.17, 15) is 5.11 Å². The Morgan fingerprint density at radius 3 is 2.58 bits per heavy atom. The van der Waals surface area contributed by atoms with Crippen LogP contribution in [0.25, 0.3) is 0 Å². The molecule has 0 saturated heterocycles. The van der Waals surface area contributed by atoms with E-state index in [-0.39, 0.29) is 6.10 Å². The zero-order valence-corrected chi connectivity index (χ0v) is 12.6. The lowest BCUT2D eigenvalue weighted by Crippen LogP contribution is -2.34. The van der Waals surface area contributed by atoms with Gasteiger partial charge in [-0.15, -0.1) is 0 Å². The molecule has 0 amide bonds. The highest BCUT2D eigenvalue weighted by atomic mass is 16.5. The Morgan fingerprint density at radius 1 is 1.16 bits per heavy atom. The molecule has 1 unspecified atom stereocenters. The predicted molar refractivity (Wildman–Crippen MR) is 77.4 cm³/mol. The monoisotopic (exact) mass is 273 g/mol. The minimum absolute atomic E-state index is 0.241. The van der Waals surface area contributed by atoms with Gasteiger partial charge in [0.05, 0.1) is 32.0 Å². The van der Waals surface area contributed by atoms with Crippen molar-refractivity contribution in [3.05, 3.63) is 0 Å². The van der Waals surface area contributed by atoms with Crippen molar-refractivity contribution in [2.24, 2.45) is 5.92 Å². The van der Waals surface area contributed by atoms with Gasteiger partial charge in [-0.05, 0) is 39.2 Å². The average Bonchev–Trinajstić information content (AvgIpc) is 2.39. The molecule has 1 atom stereocenters. The first-order valence-electron chi connectivity index (χ1n) is 7.76. The van der Waals surface area contributed by atoms with Crippen molar-refractivity contribution in [3.8, 4) is 0 Å². The molecule has 1 fully saturated rings. The van der Waals surface area contributed by atoms with Gasteiger partial charge in [0.25, 0.3) is 0 Å². The third kappa shape index (κ3) is 9.38. The summed E-state index contributed by atoms with van der Waals surface area (Å²) in [5.74, 6) is 0.807. The number of aliphatic hydroxyl groups excluding tert-OH is 1. The van der Waals surface area contributed by atoms with Crippen molar-refractivity contribution in [2.45, 2.75) is 58.2 Å². The maximum atomic E-state index is 9.76. The fraction of sp³-hybridized carbons (Fsp3) is 1.00. The third-order valence-corrected chi connectivity index (χ3v) is 3.53. The Morgan fingerprint density at radius 2 is 1.89 bits per heavy atom. The van der Waals surface area contributed by atoms with Crippen LogP contribution in [0.15, 0.2) is 0 Å². The SMILES string of the molecule is CC(C)OCCOCC(O)CNCC1CCCCC1. The van der Waals surface area contributed by atoms with Crippen molar-refractivity contribution in [2.75, 3.05) is 32.9 Å². The van der Waals surface area contributed by atoms with Crippen LogP contribution >= 0.6 is 0 Å². The summed E-state index contributed by atoms with van der Waals surface area (Å²) >= 11 is 0. The van der Waals surface area contributed by atoms with Gasteiger partial charge in [0.1, 0.15) is 0 Å². The summed E-state index contributed by atoms with van der Waals surface area (Å²) in [5.41, 5.74) is 0. The maximum absolute atomic E-state index is 9.76. The predicted octanol–water partition coefficient (Wildman–Crippen LogP) is 1.96. The van der Waals surface area contributed by atoms with Gasteiger partial charge in [-0.25, -0.2) is 0 Å². The number of hydrogen-bond acceptors (Lipinski definition) is 4. The minimum Gasteiger partial charge on any atom is -0.389 e. The first kappa shape index (κ1) is 16.9. The molecule has 0 aromatic carbocycles. The van der Waals surface area contributed by atoms with Crippen molar-refractivity contribution in [3.63, 3.8) is 0 Å². The molecule has 19 heavy (non-hydrogen) atoms. The molecule has 1 aliphatic carbocycles. The molecule has 1 aliphatic rings. The first-order valence-corrected chi connectivity index (χ1v) is 7.76. The molecule has 0 heterocycles. The fourth-order valence-corrected chi connectivity index (χ4v) is 2.47. The standard InChI is InChI=1S/C15H31NO3/c1-13(2)19-9-8-18-12-15(17)11-16-10-14-6-4-3-5-7-14/h13-17H,3-12H2,1-2H3. The Bertz CT molecular complexity index is 206. The van der Waals surface area contributed by atoms with Gasteiger partial charge in [0.2, 0.25) is 0 Å². The lowest BCUT2D eigenvalue weighted by atomic mass is 9.89. The molecule has 0 radical (unpaired) electrons. The molecule has 0 bridgehead atoms. The molecule has 1 saturated carbocycles. The van der Waals surface area contributed by atoms with Gasteiger partial charge in [-0.1, -0.05) is 19.3 Å². The number of ether oxygens (including phenoxy) is 2. The Kier molecular flexibility index (Phi) is 9.43. The van der Waals surface area contributed by atoms with Crippen LogP contribution in [-0.2, 0) is 9.47 Å². The van der Waals surface area contributed by atoms with E-state index >= 15 is 0 Å². The Hall–Kier alpha value is -0.160. The van der Waals surface area contributed by atoms with Gasteiger partial charge in [0.15, 0.2) is 0 Å². The highest BCUT2D eigenvalue weighted by Gasteiger charge is 2.13. The maximum Gasteiger partial charge on any atom is 0.0897 e. The van der Waals surface area contributed by atoms with E-state index in [2.05, 4.69) is 5.32 Å². The van der Waals surface area contributed by atoms with E-state index < -0.39 is 6.10 Å². The molecule has 0 aromatic rings. The summed E-state index contributed by atoms with van der Waals surface area (Å²) in [6.45, 7) is 7.21. The minimum atomic E-state index is -0.414. The van der Waals surface area contributed by atoms with E-state index in [0.29, 0.717) is 26.4 Å². The summed E-state index contributed by atoms with van der Waals surface area (Å²) in [7, 11) is 0. The van der Waals surface area contributed by atoms with Crippen LogP contribution in [0.2, 0.25) is 0 Å². The van der Waals surface area contributed by atoms with Crippen molar-refractivity contribution in [1.82, 2.24) is 5.32 Å². The number of aliphatic hydroxyl groups is 1. The van der Waals surface area contributed by atoms with Crippen LogP contribution < -0.4 is 5.32 Å². The van der Waals surface area contributed by atoms with Crippen molar-refractivity contribution in [1.29, 1.82) is 0 Å². The van der Waals surface area contributed by atoms with Gasteiger partial charge < -0.3 is 19.9 Å². The Balaban J connectivity index is 1.88. The van der Waals surface area contributed by atoms with E-state index in [1.165, 1.54) is 32.1 Å². The smallest absolute Gasteiger partial charge is 0.0897 e. The van der Waals surface area contributed by atoms with Crippen LogP contribution in [0.1, 0.15) is 46.0 Å². The molecule has 1 rings (SSSR count). The lowest BCUT2D eigenvalue weighted by Gasteiger charge is -2.22. The van der Waals surface area contributed by atoms with Crippen LogP contribution in [0.4, 0.5) is 0 Å². The molecule has 4 heteroatoms. The summed E-state index contributed by atoms with van der Waals surface area (Å²) in [5, 5.41) is 13.1. The second kappa shape index (κ2) is 10.6. The van der Waals surface area contributed by atoms with E-state index in [0.717, 1.165) is 12.5 Å². The lowest BCUT2D eigenvalue weighted by molar-refractivity contribution is -0.0101. The van der Waals surface area contributed by atoms with Crippen LogP contribution in [0.5, 0.6) is 0 Å². The number of rotatable bonds is 10. The van der Waals surface area contributed by atoms with Gasteiger partial charge in [0, 0.05) is 6.54 Å². The molecular formula is C15H31NO3. The van der Waals surface area contributed by atoms with Gasteiger partial charge in [-0.3, -0.25) is 0 Å². The van der Waals surface area contributed by atoms with Crippen LogP contribution in [0, 0.1) is 5.92 Å². The molecule has 114 valence electrons. The molecule has 2 N–H and O–H groups in total. The van der Waals surface area contributed by atoms with Gasteiger partial charge >= 0.3 is 0 Å². The summed E-state index contributed by atoms with van der Waals surface area (Å²) in [6.07, 6.45) is 6.64. The van der Waals surface area contributed by atoms with Crippen LogP contribution in [0.3, 0.4) is 0 Å². The number of nitrogens with one attached hydrogen (secondary N) is 1. The third-order valence-electron chi connectivity index (χ3n) is 3.53. The molecule has 4 nitrogen and oxygen atoms in total. The zero-order chi connectivity index (χ0) is 13.9. The quantitative estimate of drug-likeness (QED) is 0.597. The normalized spacial score (nSPS) is 18.9. The van der Waals surface area contributed by atoms with E-state index in [4.69, 9.17) is 9.47 Å². The van der Waals surface area contributed by atoms with E-state index in [1.807, 2.05) is 13.8 Å². The first-order chi connectivity index (χ1) is 9.18. The molecular weight excluding hydrogens is 242 g/mol. The highest BCUT2D eigenvalue weighted by Crippen LogP contribution is 2.22. The number of hydrogen-bond donors (Lipinski definition) is 2. The summed E-state index contributed by atoms with van der Waals surface area (Å²) in [4.78, 5) is 0. The van der Waals surface area contributed by atoms with E-state index in [1.54, 1.807) is 0 Å². The Labute approximate surface area is 117 Å². The highest BCUT2D eigenvalue weighted by molar-refractivity contribution is 4.69. The fourth-order valence-electron chi connectivity index (χ4n) is 2.47. The zero-order valence-electron chi connectivity index (χ0n) is 12.6. The van der Waals surface area contributed by atoms with Crippen molar-refractivity contribution >= 4 is 0 Å². The largest absolute Gasteiger partial charge is 0.389 e. The molecule has 0 spiro atoms. The summed E-state index contributed by atoms with van der Waals surface area (Å²) < 4.78 is 10.7. The van der Waals surface area contributed by atoms with Gasteiger partial charge in [-0.2, -0.15) is 0 Å². The van der Waals surface area contributed by atoms with Crippen molar-refractivity contribution < 1.29 is 14.6 Å². The summed E-state index contributed by atoms with van der Waals surface area (Å²) in [6, 6.07) is 0. The van der Waals surface area contributed by atoms with Crippen LogP contribution in [-0.4, -0.2) is 50.2 Å². The molecule has 0 aliphatic heterocycles. The second-order valence-electron chi connectivity index (χ2n) is 5.81.